The molecule has 31 nitrogen and oxygen atoms in total. The van der Waals surface area contributed by atoms with Crippen molar-refractivity contribution in [1.82, 2.24) is 0 Å². The van der Waals surface area contributed by atoms with E-state index in [-0.39, 0.29) is 43.3 Å². The van der Waals surface area contributed by atoms with E-state index in [2.05, 4.69) is 30.0 Å². The number of rotatable bonds is 15. The zero-order valence-corrected chi connectivity index (χ0v) is 32.3. The molecule has 19 unspecified atom stereocenters. The van der Waals surface area contributed by atoms with Crippen molar-refractivity contribution in [3.8, 4) is 0 Å². The Labute approximate surface area is 341 Å². The van der Waals surface area contributed by atoms with Crippen molar-refractivity contribution < 1.29 is 94.1 Å². The zero-order chi connectivity index (χ0) is 44.7. The third-order valence-corrected chi connectivity index (χ3v) is 10.1. The average Bonchev–Trinajstić information content (AvgIpc) is 3.44. The highest BCUT2D eigenvalue weighted by Crippen LogP contribution is 2.33. The van der Waals surface area contributed by atoms with Crippen LogP contribution in [0.25, 0.3) is 0 Å². The molecule has 0 aromatic heterocycles. The Hall–Kier alpha value is -4.90. The minimum Gasteiger partial charge on any atom is -0.394 e. The first kappa shape index (κ1) is 47.8. The topological polar surface area (TPSA) is 593 Å². The van der Waals surface area contributed by atoms with Crippen LogP contribution in [0, 0.1) is 0 Å². The Balaban J connectivity index is 1.73. The average molecular weight is 873 g/mol. The largest absolute Gasteiger partial charge is 0.394 e. The van der Waals surface area contributed by atoms with E-state index >= 15 is 0 Å². The van der Waals surface area contributed by atoms with Crippen molar-refractivity contribution in [2.45, 2.75) is 123 Å². The normalized spacial score (nSPS) is 40.4. The summed E-state index contributed by atoms with van der Waals surface area (Å²) in [4.78, 5) is 15.9. The highest BCUT2D eigenvalue weighted by atomic mass is 16.8. The molecule has 3 heterocycles. The van der Waals surface area contributed by atoms with E-state index < -0.39 is 135 Å². The molecule has 60 heavy (non-hydrogen) atoms. The van der Waals surface area contributed by atoms with E-state index in [0.29, 0.717) is 0 Å². The van der Waals surface area contributed by atoms with Crippen LogP contribution in [-0.4, -0.2) is 207 Å². The van der Waals surface area contributed by atoms with Crippen LogP contribution in [0.2, 0.25) is 0 Å². The van der Waals surface area contributed by atoms with Gasteiger partial charge in [-0.3, -0.25) is 98.8 Å². The molecule has 4 aliphatic rings. The molecule has 1 aliphatic carbocycles. The van der Waals surface area contributed by atoms with Crippen LogP contribution in [0.1, 0.15) is 6.42 Å². The van der Waals surface area contributed by atoms with Crippen LogP contribution in [-0.2, 0) is 28.4 Å². The van der Waals surface area contributed by atoms with Gasteiger partial charge >= 0.3 is 35.8 Å². The van der Waals surface area contributed by atoms with Gasteiger partial charge in [0, 0.05) is 6.42 Å². The van der Waals surface area contributed by atoms with Gasteiger partial charge in [-0.15, -0.1) is 0 Å². The first-order valence-electron chi connectivity index (χ1n) is 18.6. The molecule has 37 N–H and O–H groups in total. The van der Waals surface area contributed by atoms with Crippen molar-refractivity contribution in [3.63, 3.8) is 0 Å². The maximum absolute atomic E-state index is 11.9. The molecular weight excluding hydrogens is 808 g/mol. The van der Waals surface area contributed by atoms with Gasteiger partial charge in [0.25, 0.3) is 0 Å². The summed E-state index contributed by atoms with van der Waals surface area (Å²) in [5, 5.41) is 77.9. The van der Waals surface area contributed by atoms with Gasteiger partial charge in [0.05, 0.1) is 19.7 Å². The van der Waals surface area contributed by atoms with Gasteiger partial charge in [0.2, 0.25) is 0 Å². The van der Waals surface area contributed by atoms with E-state index in [1.807, 2.05) is 0 Å². The Morgan fingerprint density at radius 3 is 1.25 bits per heavy atom. The molecule has 4 rings (SSSR count). The second-order valence-electron chi connectivity index (χ2n) is 14.6. The van der Waals surface area contributed by atoms with Crippen molar-refractivity contribution in [2.24, 2.45) is 68.8 Å². The van der Waals surface area contributed by atoms with Crippen LogP contribution in [0.3, 0.4) is 0 Å². The van der Waals surface area contributed by atoms with Gasteiger partial charge in [-0.25, -0.2) is 0 Å². The molecule has 0 bridgehead atoms. The number of hydrogen-bond donors (Lipinski definition) is 25. The van der Waals surface area contributed by atoms with Crippen LogP contribution in [0.4, 0.5) is 0 Å². The molecule has 1 saturated carbocycles. The quantitative estimate of drug-likeness (QED) is 0.0536. The summed E-state index contributed by atoms with van der Waals surface area (Å²) in [7, 11) is 0. The Morgan fingerprint density at radius 1 is 0.433 bits per heavy atom. The maximum Gasteiger partial charge on any atom is 0.339 e. The molecule has 3 saturated heterocycles. The fourth-order valence-corrected chi connectivity index (χ4v) is 7.40. The number of aliphatic hydroxyl groups excluding tert-OH is 7. The Morgan fingerprint density at radius 2 is 0.833 bits per heavy atom. The minimum absolute atomic E-state index is 0.0855. The Bertz CT molecular complexity index is 1600. The molecule has 19 atom stereocenters. The first-order valence-corrected chi connectivity index (χ1v) is 18.6. The third-order valence-electron chi connectivity index (χ3n) is 10.1. The van der Waals surface area contributed by atoms with Crippen LogP contribution < -0.4 is 98.8 Å². The van der Waals surface area contributed by atoms with Gasteiger partial charge in [0.1, 0.15) is 85.3 Å². The van der Waals surface area contributed by atoms with Crippen molar-refractivity contribution in [2.75, 3.05) is 19.7 Å². The molecule has 31 heteroatoms. The molecule has 4 fully saturated rings. The lowest BCUT2D eigenvalue weighted by molar-refractivity contribution is -0.595. The maximum atomic E-state index is 11.9. The number of guanidine groups is 6. The lowest BCUT2D eigenvalue weighted by Crippen LogP contribution is -2.96. The molecule has 0 amide bonds. The standard InChI is InChI=1S/C29H58N18O13/c30-24(31)42-2-7-13(50)15(52)10(46-28(38)39)21(55-7)58-18-6(45-27(36)37)1-5(44-26(34)35)12(49)20(18)60-23-17(54)19(9(4-48)57-23)59-22-11(47-29(40)41)16(53)14(51)8(56-22)3-43-25(32)33/h5-23,48-54H,1-4H2,(H4,30,31,42)(H4,32,33,43)(H4,34,35,44)(H4,36,37,45)(H4,38,39,46)(H4,40,41,47)/p+6. The van der Waals surface area contributed by atoms with E-state index in [1.54, 1.807) is 0 Å². The predicted molar refractivity (Wildman–Crippen MR) is 199 cm³/mol. The highest BCUT2D eigenvalue weighted by Gasteiger charge is 2.57. The molecular formula is C29H64N18O13+6. The van der Waals surface area contributed by atoms with Gasteiger partial charge < -0.3 is 64.2 Å². The summed E-state index contributed by atoms with van der Waals surface area (Å²) in [5.41, 5.74) is 68.0. The molecule has 3 aliphatic heterocycles. The summed E-state index contributed by atoms with van der Waals surface area (Å²) in [6.07, 6.45) is -23.3. The van der Waals surface area contributed by atoms with Gasteiger partial charge in [-0.2, -0.15) is 0 Å². The number of nitrogens with one attached hydrogen (secondary N) is 6. The summed E-state index contributed by atoms with van der Waals surface area (Å²) in [5.74, 6) is -1.86. The van der Waals surface area contributed by atoms with E-state index in [9.17, 15) is 35.7 Å². The lowest BCUT2D eigenvalue weighted by Gasteiger charge is -2.46. The fraction of sp³-hybridized carbons (Fsp3) is 0.793. The molecule has 0 aromatic rings. The number of nitrogens with two attached hydrogens (primary N) is 12. The molecule has 0 spiro atoms. The minimum atomic E-state index is -1.82. The van der Waals surface area contributed by atoms with Gasteiger partial charge in [0.15, 0.2) is 31.0 Å². The van der Waals surface area contributed by atoms with Crippen LogP contribution >= 0.6 is 0 Å². The van der Waals surface area contributed by atoms with Crippen LogP contribution in [0.15, 0.2) is 0 Å². The summed E-state index contributed by atoms with van der Waals surface area (Å²) in [6.45, 7) is -1.22. The van der Waals surface area contributed by atoms with Crippen molar-refractivity contribution in [3.05, 3.63) is 0 Å². The molecule has 0 aromatic carbocycles. The van der Waals surface area contributed by atoms with E-state index in [1.165, 1.54) is 0 Å². The fourth-order valence-electron chi connectivity index (χ4n) is 7.40. The number of ether oxygens (including phenoxy) is 6. The van der Waals surface area contributed by atoms with Crippen LogP contribution in [0.5, 0.6) is 0 Å². The smallest absolute Gasteiger partial charge is 0.339 e. The Kier molecular flexibility index (Phi) is 16.4. The van der Waals surface area contributed by atoms with Crippen molar-refractivity contribution >= 4 is 35.8 Å². The monoisotopic (exact) mass is 872 g/mol. The SMILES string of the molecule is NC(N)=[NH+]CC1OC(OC2C(CO)OC(OC3C(O)C([NH+]=C(N)N)CC([NH+]=C(N)N)C3OC3OC(C[NH+]=C(N)N)C(O)C(O)C3[NH+]=C(N)N)C2O)C([NH+]=C(N)N)C(O)C1O. The van der Waals surface area contributed by atoms with Gasteiger partial charge in [-0.05, 0) is 0 Å². The van der Waals surface area contributed by atoms with Crippen molar-refractivity contribution in [1.29, 1.82) is 0 Å². The third kappa shape index (κ3) is 11.7. The van der Waals surface area contributed by atoms with E-state index in [4.69, 9.17) is 97.2 Å². The zero-order valence-electron chi connectivity index (χ0n) is 32.3. The second-order valence-corrected chi connectivity index (χ2v) is 14.6. The predicted octanol–water partition coefficient (Wildman–Crippen LogP) is -24.5. The lowest BCUT2D eigenvalue weighted by atomic mass is 9.83. The summed E-state index contributed by atoms with van der Waals surface area (Å²) in [6, 6.07) is -4.80. The molecule has 0 radical (unpaired) electrons. The first-order chi connectivity index (χ1) is 28.1. The number of aliphatic hydroxyl groups is 7. The second kappa shape index (κ2) is 20.6. The molecule has 342 valence electrons. The summed E-state index contributed by atoms with van der Waals surface area (Å²) < 4.78 is 36.7. The summed E-state index contributed by atoms with van der Waals surface area (Å²) >= 11 is 0. The van der Waals surface area contributed by atoms with Gasteiger partial charge in [-0.1, -0.05) is 0 Å². The number of hydrogen-bond acceptors (Lipinski definition) is 13. The van der Waals surface area contributed by atoms with E-state index in [0.717, 1.165) is 0 Å². The highest BCUT2D eigenvalue weighted by molar-refractivity contribution is 5.70.